The predicted octanol–water partition coefficient (Wildman–Crippen LogP) is 3.54. The van der Waals surface area contributed by atoms with Gasteiger partial charge in [0.1, 0.15) is 5.58 Å². The Morgan fingerprint density at radius 3 is 2.47 bits per heavy atom. The minimum atomic E-state index is -0.0805. The number of aldehydes is 1. The van der Waals surface area contributed by atoms with Gasteiger partial charge in [-0.15, -0.1) is 0 Å². The first-order valence-electron chi connectivity index (χ1n) is 5.01. The first kappa shape index (κ1) is 9.97. The number of carbonyl (C=O) groups excluding carboxylic acids is 1. The number of carbonyl (C=O) groups is 1. The van der Waals surface area contributed by atoms with Gasteiger partial charge in [0.05, 0.1) is 0 Å². The highest BCUT2D eigenvalue weighted by Gasteiger charge is 2.24. The Balaban J connectivity index is 2.84. The number of furan rings is 1. The van der Waals surface area contributed by atoms with E-state index in [0.29, 0.717) is 5.76 Å². The Bertz CT molecular complexity index is 501. The van der Waals surface area contributed by atoms with E-state index < -0.39 is 0 Å². The summed E-state index contributed by atoms with van der Waals surface area (Å²) in [5, 5.41) is 1.03. The topological polar surface area (TPSA) is 30.2 Å². The molecule has 2 rings (SSSR count). The molecule has 0 aliphatic heterocycles. The van der Waals surface area contributed by atoms with Gasteiger partial charge in [0.15, 0.2) is 12.0 Å². The highest BCUT2D eigenvalue weighted by molar-refractivity contribution is 5.90. The summed E-state index contributed by atoms with van der Waals surface area (Å²) in [5.41, 5.74) is 1.70. The largest absolute Gasteiger partial charge is 0.453 e. The smallest absolute Gasteiger partial charge is 0.185 e. The van der Waals surface area contributed by atoms with E-state index in [-0.39, 0.29) is 5.41 Å². The summed E-state index contributed by atoms with van der Waals surface area (Å²) in [6.45, 7) is 6.24. The van der Waals surface area contributed by atoms with Crippen LogP contribution in [-0.2, 0) is 5.41 Å². The molecule has 0 fully saturated rings. The van der Waals surface area contributed by atoms with Crippen molar-refractivity contribution in [3.05, 3.63) is 35.6 Å². The lowest BCUT2D eigenvalue weighted by molar-refractivity contribution is 0.110. The van der Waals surface area contributed by atoms with Crippen LogP contribution >= 0.6 is 0 Å². The van der Waals surface area contributed by atoms with Gasteiger partial charge in [-0.2, -0.15) is 0 Å². The molecule has 2 heteroatoms. The van der Waals surface area contributed by atoms with E-state index in [1.165, 1.54) is 0 Å². The second kappa shape index (κ2) is 3.23. The third-order valence-electron chi connectivity index (χ3n) is 2.48. The second-order valence-corrected chi connectivity index (χ2v) is 4.71. The van der Waals surface area contributed by atoms with Crippen LogP contribution < -0.4 is 0 Å². The van der Waals surface area contributed by atoms with Crippen molar-refractivity contribution in [1.82, 2.24) is 0 Å². The average molecular weight is 202 g/mol. The molecule has 0 bridgehead atoms. The second-order valence-electron chi connectivity index (χ2n) is 4.71. The highest BCUT2D eigenvalue weighted by atomic mass is 16.3. The standard InChI is InChI=1S/C13H14O2/c1-13(2,3)12-9-6-4-5-7-10(9)15-11(12)8-14/h4-8H,1-3H3. The maximum atomic E-state index is 10.9. The quantitative estimate of drug-likeness (QED) is 0.662. The zero-order chi connectivity index (χ0) is 11.1. The van der Waals surface area contributed by atoms with Gasteiger partial charge in [0.25, 0.3) is 0 Å². The normalized spacial score (nSPS) is 11.9. The van der Waals surface area contributed by atoms with Crippen LogP contribution in [0, 0.1) is 0 Å². The van der Waals surface area contributed by atoms with Crippen LogP contribution in [0.3, 0.4) is 0 Å². The van der Waals surface area contributed by atoms with Gasteiger partial charge in [0.2, 0.25) is 0 Å². The van der Waals surface area contributed by atoms with Crippen molar-refractivity contribution in [2.45, 2.75) is 26.2 Å². The molecule has 0 N–H and O–H groups in total. The average Bonchev–Trinajstić information content (AvgIpc) is 2.54. The van der Waals surface area contributed by atoms with Crippen LogP contribution in [0.4, 0.5) is 0 Å². The van der Waals surface area contributed by atoms with Crippen molar-refractivity contribution >= 4 is 17.3 Å². The Labute approximate surface area is 88.9 Å². The Kier molecular flexibility index (Phi) is 2.14. The molecule has 2 nitrogen and oxygen atoms in total. The van der Waals surface area contributed by atoms with Gasteiger partial charge >= 0.3 is 0 Å². The lowest BCUT2D eigenvalue weighted by Crippen LogP contribution is -2.12. The number of para-hydroxylation sites is 1. The molecular formula is C13H14O2. The first-order valence-corrected chi connectivity index (χ1v) is 5.01. The van der Waals surface area contributed by atoms with Crippen molar-refractivity contribution in [2.24, 2.45) is 0 Å². The molecule has 0 atom stereocenters. The van der Waals surface area contributed by atoms with Gasteiger partial charge in [-0.05, 0) is 11.5 Å². The Morgan fingerprint density at radius 1 is 1.20 bits per heavy atom. The zero-order valence-corrected chi connectivity index (χ0v) is 9.20. The van der Waals surface area contributed by atoms with E-state index in [9.17, 15) is 4.79 Å². The monoisotopic (exact) mass is 202 g/mol. The lowest BCUT2D eigenvalue weighted by atomic mass is 9.85. The molecule has 0 amide bonds. The fourth-order valence-electron chi connectivity index (χ4n) is 1.92. The van der Waals surface area contributed by atoms with Gasteiger partial charge in [-0.1, -0.05) is 39.0 Å². The van der Waals surface area contributed by atoms with Crippen molar-refractivity contribution in [2.75, 3.05) is 0 Å². The van der Waals surface area contributed by atoms with Gasteiger partial charge in [-0.25, -0.2) is 0 Å². The molecular weight excluding hydrogens is 188 g/mol. The number of rotatable bonds is 1. The van der Waals surface area contributed by atoms with E-state index in [1.807, 2.05) is 24.3 Å². The van der Waals surface area contributed by atoms with Crippen molar-refractivity contribution in [1.29, 1.82) is 0 Å². The number of benzene rings is 1. The molecule has 0 spiro atoms. The number of hydrogen-bond donors (Lipinski definition) is 0. The van der Waals surface area contributed by atoms with Crippen LogP contribution in [0.1, 0.15) is 36.9 Å². The molecule has 1 aromatic carbocycles. The first-order chi connectivity index (χ1) is 7.04. The molecule has 0 aliphatic carbocycles. The summed E-state index contributed by atoms with van der Waals surface area (Å²) in [6, 6.07) is 7.75. The molecule has 78 valence electrons. The lowest BCUT2D eigenvalue weighted by Gasteiger charge is -2.17. The van der Waals surface area contributed by atoms with Crippen molar-refractivity contribution in [3.8, 4) is 0 Å². The SMILES string of the molecule is CC(C)(C)c1c(C=O)oc2ccccc12. The summed E-state index contributed by atoms with van der Waals surface area (Å²) in [4.78, 5) is 10.9. The van der Waals surface area contributed by atoms with Crippen molar-refractivity contribution in [3.63, 3.8) is 0 Å². The van der Waals surface area contributed by atoms with E-state index in [1.54, 1.807) is 0 Å². The third kappa shape index (κ3) is 1.56. The molecule has 0 unspecified atom stereocenters. The minimum absolute atomic E-state index is 0.0805. The summed E-state index contributed by atoms with van der Waals surface area (Å²) < 4.78 is 5.51. The summed E-state index contributed by atoms with van der Waals surface area (Å²) in [6.07, 6.45) is 0.792. The van der Waals surface area contributed by atoms with E-state index in [4.69, 9.17) is 4.42 Å². The van der Waals surface area contributed by atoms with Crippen LogP contribution in [0.2, 0.25) is 0 Å². The van der Waals surface area contributed by atoms with Crippen LogP contribution in [-0.4, -0.2) is 6.29 Å². The van der Waals surface area contributed by atoms with Crippen molar-refractivity contribution < 1.29 is 9.21 Å². The maximum absolute atomic E-state index is 10.9. The van der Waals surface area contributed by atoms with E-state index >= 15 is 0 Å². The predicted molar refractivity (Wildman–Crippen MR) is 60.3 cm³/mol. The molecule has 0 radical (unpaired) electrons. The van der Waals surface area contributed by atoms with Gasteiger partial charge < -0.3 is 4.42 Å². The highest BCUT2D eigenvalue weighted by Crippen LogP contribution is 2.34. The number of hydrogen-bond acceptors (Lipinski definition) is 2. The summed E-state index contributed by atoms with van der Waals surface area (Å²) >= 11 is 0. The van der Waals surface area contributed by atoms with Crippen LogP contribution in [0.5, 0.6) is 0 Å². The molecule has 1 heterocycles. The Hall–Kier alpha value is -1.57. The molecule has 0 aliphatic rings. The van der Waals surface area contributed by atoms with E-state index in [2.05, 4.69) is 20.8 Å². The molecule has 1 aromatic heterocycles. The molecule has 0 saturated carbocycles. The van der Waals surface area contributed by atoms with Gasteiger partial charge in [-0.3, -0.25) is 4.79 Å². The minimum Gasteiger partial charge on any atom is -0.453 e. The summed E-state index contributed by atoms with van der Waals surface area (Å²) in [5.74, 6) is 0.448. The molecule has 15 heavy (non-hydrogen) atoms. The Morgan fingerprint density at radius 2 is 1.87 bits per heavy atom. The summed E-state index contributed by atoms with van der Waals surface area (Å²) in [7, 11) is 0. The fraction of sp³-hybridized carbons (Fsp3) is 0.308. The third-order valence-corrected chi connectivity index (χ3v) is 2.48. The zero-order valence-electron chi connectivity index (χ0n) is 9.20. The molecule has 0 saturated heterocycles. The number of fused-ring (bicyclic) bond motifs is 1. The van der Waals surface area contributed by atoms with Crippen LogP contribution in [0.25, 0.3) is 11.0 Å². The molecule has 2 aromatic rings. The van der Waals surface area contributed by atoms with Gasteiger partial charge in [0, 0.05) is 10.9 Å². The maximum Gasteiger partial charge on any atom is 0.185 e. The van der Waals surface area contributed by atoms with Crippen LogP contribution in [0.15, 0.2) is 28.7 Å². The fourth-order valence-corrected chi connectivity index (χ4v) is 1.92. The van der Waals surface area contributed by atoms with E-state index in [0.717, 1.165) is 22.8 Å².